The first-order valence-corrected chi connectivity index (χ1v) is 9.92. The Balaban J connectivity index is 1.96. The highest BCUT2D eigenvalue weighted by Gasteiger charge is 2.27. The molecule has 1 fully saturated rings. The summed E-state index contributed by atoms with van der Waals surface area (Å²) >= 11 is 1.68. The first kappa shape index (κ1) is 16.8. The normalized spacial score (nSPS) is 22.0. The molecule has 2 heterocycles. The van der Waals surface area contributed by atoms with Gasteiger partial charge in [-0.15, -0.1) is 17.8 Å². The van der Waals surface area contributed by atoms with Gasteiger partial charge in [-0.3, -0.25) is 4.99 Å². The van der Waals surface area contributed by atoms with Crippen molar-refractivity contribution in [2.45, 2.75) is 19.4 Å². The van der Waals surface area contributed by atoms with E-state index in [0.29, 0.717) is 25.5 Å². The summed E-state index contributed by atoms with van der Waals surface area (Å²) in [5.41, 5.74) is 0. The summed E-state index contributed by atoms with van der Waals surface area (Å²) in [4.78, 5) is 5.70. The monoisotopic (exact) mass is 339 g/mol. The summed E-state index contributed by atoms with van der Waals surface area (Å²) < 4.78 is 23.0. The van der Waals surface area contributed by atoms with Crippen LogP contribution in [0.2, 0.25) is 0 Å². The third-order valence-corrected chi connectivity index (χ3v) is 6.41. The average molecular weight is 339 g/mol. The zero-order valence-electron chi connectivity index (χ0n) is 12.6. The van der Waals surface area contributed by atoms with Crippen LogP contribution >= 0.6 is 11.3 Å². The van der Waals surface area contributed by atoms with Gasteiger partial charge in [0.1, 0.15) is 0 Å². The molecule has 1 aliphatic heterocycles. The minimum atomic E-state index is -2.86. The zero-order valence-corrected chi connectivity index (χ0v) is 14.2. The molecule has 7 heteroatoms. The Morgan fingerprint density at radius 2 is 2.45 bits per heavy atom. The zero-order chi connectivity index (χ0) is 16.0. The van der Waals surface area contributed by atoms with E-state index < -0.39 is 9.84 Å². The Hall–Kier alpha value is -1.52. The van der Waals surface area contributed by atoms with E-state index in [4.69, 9.17) is 6.42 Å². The predicted octanol–water partition coefficient (Wildman–Crippen LogP) is 1.41. The Kier molecular flexibility index (Phi) is 5.86. The number of nitrogens with zero attached hydrogens (tertiary/aromatic N) is 1. The van der Waals surface area contributed by atoms with Gasteiger partial charge < -0.3 is 10.6 Å². The Bertz CT molecular complexity index is 645. The van der Waals surface area contributed by atoms with E-state index >= 15 is 0 Å². The van der Waals surface area contributed by atoms with Crippen molar-refractivity contribution < 1.29 is 8.42 Å². The lowest BCUT2D eigenvalue weighted by atomic mass is 10.1. The second-order valence-corrected chi connectivity index (χ2v) is 8.61. The van der Waals surface area contributed by atoms with Gasteiger partial charge in [-0.25, -0.2) is 8.42 Å². The fourth-order valence-electron chi connectivity index (χ4n) is 2.34. The third-order valence-electron chi connectivity index (χ3n) is 3.52. The number of hydrogen-bond donors (Lipinski definition) is 2. The molecule has 1 aliphatic rings. The van der Waals surface area contributed by atoms with Gasteiger partial charge in [0.05, 0.1) is 24.1 Å². The number of guanidine groups is 1. The molecular formula is C15H21N3O2S2. The molecule has 0 amide bonds. The number of hydrogen-bond acceptors (Lipinski definition) is 4. The Labute approximate surface area is 136 Å². The molecule has 120 valence electrons. The topological polar surface area (TPSA) is 70.6 Å². The maximum atomic E-state index is 11.5. The molecule has 2 rings (SSSR count). The van der Waals surface area contributed by atoms with Crippen molar-refractivity contribution in [3.63, 3.8) is 0 Å². The SMILES string of the molecule is C#CCNC(=NCC1CCS(=O)(=O)C1)NC(C)c1cccs1. The van der Waals surface area contributed by atoms with E-state index in [9.17, 15) is 8.42 Å². The van der Waals surface area contributed by atoms with Crippen molar-refractivity contribution in [3.8, 4) is 12.3 Å². The number of thiophene rings is 1. The van der Waals surface area contributed by atoms with Crippen LogP contribution in [0.1, 0.15) is 24.3 Å². The van der Waals surface area contributed by atoms with E-state index in [1.54, 1.807) is 11.3 Å². The van der Waals surface area contributed by atoms with Crippen LogP contribution in [0, 0.1) is 18.3 Å². The van der Waals surface area contributed by atoms with Crippen LogP contribution in [-0.4, -0.2) is 39.0 Å². The molecule has 2 atom stereocenters. The highest BCUT2D eigenvalue weighted by Crippen LogP contribution is 2.19. The number of aliphatic imine (C=N–C) groups is 1. The van der Waals surface area contributed by atoms with Crippen LogP contribution in [-0.2, 0) is 9.84 Å². The summed E-state index contributed by atoms with van der Waals surface area (Å²) in [5, 5.41) is 8.40. The van der Waals surface area contributed by atoms with Crippen molar-refractivity contribution >= 4 is 27.1 Å². The van der Waals surface area contributed by atoms with Crippen LogP contribution in [0.4, 0.5) is 0 Å². The maximum Gasteiger partial charge on any atom is 0.192 e. The minimum absolute atomic E-state index is 0.103. The quantitative estimate of drug-likeness (QED) is 0.483. The van der Waals surface area contributed by atoms with Gasteiger partial charge in [-0.1, -0.05) is 12.0 Å². The average Bonchev–Trinajstić information content (AvgIpc) is 3.11. The molecule has 2 unspecified atom stereocenters. The van der Waals surface area contributed by atoms with Crippen LogP contribution in [0.3, 0.4) is 0 Å². The van der Waals surface area contributed by atoms with Crippen molar-refractivity contribution in [1.82, 2.24) is 10.6 Å². The van der Waals surface area contributed by atoms with Gasteiger partial charge in [0.15, 0.2) is 15.8 Å². The summed E-state index contributed by atoms with van der Waals surface area (Å²) in [7, 11) is -2.86. The van der Waals surface area contributed by atoms with E-state index in [1.165, 1.54) is 4.88 Å². The molecule has 1 saturated heterocycles. The number of sulfone groups is 1. The second-order valence-electron chi connectivity index (χ2n) is 5.40. The molecule has 1 aromatic heterocycles. The summed E-state index contributed by atoms with van der Waals surface area (Å²) in [6, 6.07) is 4.19. The fraction of sp³-hybridized carbons (Fsp3) is 0.533. The summed E-state index contributed by atoms with van der Waals surface area (Å²) in [6.07, 6.45) is 5.97. The predicted molar refractivity (Wildman–Crippen MR) is 91.8 cm³/mol. The van der Waals surface area contributed by atoms with Crippen molar-refractivity contribution in [2.24, 2.45) is 10.9 Å². The Morgan fingerprint density at radius 1 is 1.64 bits per heavy atom. The molecular weight excluding hydrogens is 318 g/mol. The third kappa shape index (κ3) is 5.04. The standard InChI is InChI=1S/C15H21N3O2S2/c1-3-7-16-15(18-12(2)14-5-4-8-21-14)17-10-13-6-9-22(19,20)11-13/h1,4-5,8,12-13H,6-7,9-11H2,2H3,(H2,16,17,18). The van der Waals surface area contributed by atoms with Crippen molar-refractivity contribution in [3.05, 3.63) is 22.4 Å². The van der Waals surface area contributed by atoms with Crippen LogP contribution in [0.5, 0.6) is 0 Å². The molecule has 0 spiro atoms. The summed E-state index contributed by atoms with van der Waals surface area (Å²) in [6.45, 7) is 2.93. The largest absolute Gasteiger partial charge is 0.349 e. The van der Waals surface area contributed by atoms with Crippen molar-refractivity contribution in [2.75, 3.05) is 24.6 Å². The number of terminal acetylenes is 1. The highest BCUT2D eigenvalue weighted by molar-refractivity contribution is 7.91. The molecule has 0 radical (unpaired) electrons. The first-order chi connectivity index (χ1) is 10.5. The maximum absolute atomic E-state index is 11.5. The van der Waals surface area contributed by atoms with Crippen LogP contribution < -0.4 is 10.6 Å². The van der Waals surface area contributed by atoms with Crippen LogP contribution in [0.15, 0.2) is 22.5 Å². The smallest absolute Gasteiger partial charge is 0.192 e. The lowest BCUT2D eigenvalue weighted by molar-refractivity contribution is 0.588. The van der Waals surface area contributed by atoms with E-state index in [0.717, 1.165) is 0 Å². The number of rotatable bonds is 5. The van der Waals surface area contributed by atoms with Gasteiger partial charge in [0, 0.05) is 11.4 Å². The van der Waals surface area contributed by atoms with Crippen LogP contribution in [0.25, 0.3) is 0 Å². The molecule has 22 heavy (non-hydrogen) atoms. The Morgan fingerprint density at radius 3 is 3.05 bits per heavy atom. The molecule has 1 aromatic rings. The molecule has 0 aliphatic carbocycles. The minimum Gasteiger partial charge on any atom is -0.349 e. The number of nitrogens with one attached hydrogen (secondary N) is 2. The van der Waals surface area contributed by atoms with E-state index in [-0.39, 0.29) is 23.5 Å². The molecule has 5 nitrogen and oxygen atoms in total. The van der Waals surface area contributed by atoms with E-state index in [2.05, 4.69) is 34.5 Å². The van der Waals surface area contributed by atoms with E-state index in [1.807, 2.05) is 11.4 Å². The summed E-state index contributed by atoms with van der Waals surface area (Å²) in [5.74, 6) is 3.77. The van der Waals surface area contributed by atoms with Crippen molar-refractivity contribution in [1.29, 1.82) is 0 Å². The lowest BCUT2D eigenvalue weighted by Crippen LogP contribution is -2.39. The molecule has 0 saturated carbocycles. The molecule has 2 N–H and O–H groups in total. The van der Waals surface area contributed by atoms with Gasteiger partial charge in [0.25, 0.3) is 0 Å². The van der Waals surface area contributed by atoms with Gasteiger partial charge in [0.2, 0.25) is 0 Å². The first-order valence-electron chi connectivity index (χ1n) is 7.22. The molecule has 0 bridgehead atoms. The van der Waals surface area contributed by atoms with Gasteiger partial charge in [-0.2, -0.15) is 0 Å². The second kappa shape index (κ2) is 7.65. The fourth-order valence-corrected chi connectivity index (χ4v) is 4.92. The highest BCUT2D eigenvalue weighted by atomic mass is 32.2. The lowest BCUT2D eigenvalue weighted by Gasteiger charge is -2.17. The van der Waals surface area contributed by atoms with Gasteiger partial charge >= 0.3 is 0 Å². The van der Waals surface area contributed by atoms with Gasteiger partial charge in [-0.05, 0) is 30.7 Å². The molecule has 0 aromatic carbocycles.